The third kappa shape index (κ3) is 4.39. The number of nitrogens with one attached hydrogen (secondary N) is 1. The summed E-state index contributed by atoms with van der Waals surface area (Å²) in [4.78, 5) is 30.3. The van der Waals surface area contributed by atoms with Gasteiger partial charge in [0.05, 0.1) is 22.4 Å². The lowest BCUT2D eigenvalue weighted by Crippen LogP contribution is -2.28. The normalized spacial score (nSPS) is 14.3. The summed E-state index contributed by atoms with van der Waals surface area (Å²) >= 11 is 5.63. The van der Waals surface area contributed by atoms with Gasteiger partial charge in [-0.05, 0) is 37.1 Å². The maximum Gasteiger partial charge on any atom is 0.418 e. The Balaban J connectivity index is 1.83. The smallest absolute Gasteiger partial charge is 0.339 e. The quantitative estimate of drug-likeness (QED) is 0.842. The number of hydrogen-bond donors (Lipinski definition) is 1. The van der Waals surface area contributed by atoms with Crippen LogP contribution >= 0.6 is 11.6 Å². The van der Waals surface area contributed by atoms with Gasteiger partial charge in [-0.15, -0.1) is 0 Å². The van der Waals surface area contributed by atoms with Crippen LogP contribution in [0.2, 0.25) is 5.02 Å². The predicted octanol–water partition coefficient (Wildman–Crippen LogP) is 4.24. The van der Waals surface area contributed by atoms with Gasteiger partial charge >= 0.3 is 6.18 Å². The van der Waals surface area contributed by atoms with Crippen molar-refractivity contribution >= 4 is 29.1 Å². The van der Waals surface area contributed by atoms with Crippen molar-refractivity contribution in [3.63, 3.8) is 0 Å². The molecule has 27 heavy (non-hydrogen) atoms. The van der Waals surface area contributed by atoms with E-state index in [0.29, 0.717) is 13.1 Å². The zero-order valence-corrected chi connectivity index (χ0v) is 14.8. The lowest BCUT2D eigenvalue weighted by atomic mass is 10.1. The van der Waals surface area contributed by atoms with Gasteiger partial charge in [-0.1, -0.05) is 11.6 Å². The zero-order chi connectivity index (χ0) is 19.6. The van der Waals surface area contributed by atoms with E-state index in [1.165, 1.54) is 24.5 Å². The molecule has 1 aliphatic rings. The number of carbonyl (C=O) groups excluding carboxylic acids is 2. The van der Waals surface area contributed by atoms with Gasteiger partial charge in [0.2, 0.25) is 0 Å². The summed E-state index contributed by atoms with van der Waals surface area (Å²) in [6.07, 6.45) is -0.328. The van der Waals surface area contributed by atoms with E-state index in [9.17, 15) is 22.8 Å². The summed E-state index contributed by atoms with van der Waals surface area (Å²) in [6.45, 7) is 1.27. The van der Waals surface area contributed by atoms with Crippen LogP contribution in [0.3, 0.4) is 0 Å². The lowest BCUT2D eigenvalue weighted by Gasteiger charge is -2.16. The number of halogens is 4. The average Bonchev–Trinajstić information content (AvgIpc) is 3.16. The lowest BCUT2D eigenvalue weighted by molar-refractivity contribution is -0.136. The second kappa shape index (κ2) is 7.56. The second-order valence-electron chi connectivity index (χ2n) is 6.10. The van der Waals surface area contributed by atoms with E-state index >= 15 is 0 Å². The first-order valence-corrected chi connectivity index (χ1v) is 8.56. The van der Waals surface area contributed by atoms with Crippen LogP contribution in [0.1, 0.15) is 39.1 Å². The summed E-state index contributed by atoms with van der Waals surface area (Å²) in [5.74, 6) is -1.05. The topological polar surface area (TPSA) is 62.3 Å². The molecule has 0 saturated carbocycles. The van der Waals surface area contributed by atoms with Crippen molar-refractivity contribution in [2.45, 2.75) is 19.0 Å². The van der Waals surface area contributed by atoms with Gasteiger partial charge < -0.3 is 10.2 Å². The third-order valence-electron chi connectivity index (χ3n) is 4.18. The van der Waals surface area contributed by atoms with Crippen molar-refractivity contribution in [2.24, 2.45) is 0 Å². The number of likely N-dealkylation sites (tertiary alicyclic amines) is 1. The van der Waals surface area contributed by atoms with Crippen LogP contribution in [-0.4, -0.2) is 34.8 Å². The molecule has 2 amide bonds. The molecule has 1 aromatic heterocycles. The monoisotopic (exact) mass is 397 g/mol. The number of aromatic nitrogens is 1. The number of hydrogen-bond acceptors (Lipinski definition) is 3. The maximum absolute atomic E-state index is 13.2. The Morgan fingerprint density at radius 1 is 1.07 bits per heavy atom. The number of amides is 2. The van der Waals surface area contributed by atoms with Crippen LogP contribution in [0.4, 0.5) is 18.9 Å². The molecule has 0 radical (unpaired) electrons. The van der Waals surface area contributed by atoms with Crippen molar-refractivity contribution in [1.82, 2.24) is 9.88 Å². The highest BCUT2D eigenvalue weighted by Gasteiger charge is 2.34. The minimum Gasteiger partial charge on any atom is -0.339 e. The minimum absolute atomic E-state index is 0.0110. The van der Waals surface area contributed by atoms with Gasteiger partial charge in [0.1, 0.15) is 0 Å². The highest BCUT2D eigenvalue weighted by Crippen LogP contribution is 2.36. The molecule has 142 valence electrons. The maximum atomic E-state index is 13.2. The molecule has 2 aromatic rings. The minimum atomic E-state index is -4.68. The Bertz CT molecular complexity index is 880. The molecule has 3 rings (SSSR count). The molecule has 9 heteroatoms. The van der Waals surface area contributed by atoms with E-state index in [0.717, 1.165) is 25.0 Å². The Morgan fingerprint density at radius 3 is 2.41 bits per heavy atom. The fourth-order valence-corrected chi connectivity index (χ4v) is 3.01. The molecular formula is C18H15ClF3N3O2. The van der Waals surface area contributed by atoms with Gasteiger partial charge in [-0.3, -0.25) is 14.6 Å². The van der Waals surface area contributed by atoms with Gasteiger partial charge in [0, 0.05) is 30.5 Å². The van der Waals surface area contributed by atoms with Crippen molar-refractivity contribution in [3.05, 3.63) is 58.4 Å². The summed E-state index contributed by atoms with van der Waals surface area (Å²) in [6, 6.07) is 4.39. The number of pyridine rings is 1. The van der Waals surface area contributed by atoms with Crippen molar-refractivity contribution in [3.8, 4) is 0 Å². The molecule has 0 aliphatic carbocycles. The first-order valence-electron chi connectivity index (χ1n) is 8.18. The molecule has 0 atom stereocenters. The molecule has 1 aromatic carbocycles. The van der Waals surface area contributed by atoms with E-state index in [1.54, 1.807) is 4.90 Å². The van der Waals surface area contributed by atoms with Crippen LogP contribution in [0.15, 0.2) is 36.7 Å². The van der Waals surface area contributed by atoms with Crippen LogP contribution < -0.4 is 5.32 Å². The van der Waals surface area contributed by atoms with Gasteiger partial charge in [-0.2, -0.15) is 13.2 Å². The van der Waals surface area contributed by atoms with Crippen LogP contribution in [0, 0.1) is 0 Å². The van der Waals surface area contributed by atoms with Crippen molar-refractivity contribution < 1.29 is 22.8 Å². The molecule has 1 N–H and O–H groups in total. The van der Waals surface area contributed by atoms with Gasteiger partial charge in [0.25, 0.3) is 11.8 Å². The zero-order valence-electron chi connectivity index (χ0n) is 14.0. The Hall–Kier alpha value is -2.61. The van der Waals surface area contributed by atoms with E-state index < -0.39 is 23.3 Å². The van der Waals surface area contributed by atoms with E-state index in [2.05, 4.69) is 10.3 Å². The van der Waals surface area contributed by atoms with E-state index in [-0.39, 0.29) is 22.1 Å². The van der Waals surface area contributed by atoms with Gasteiger partial charge in [-0.25, -0.2) is 0 Å². The molecule has 1 saturated heterocycles. The molecule has 5 nitrogen and oxygen atoms in total. The second-order valence-corrected chi connectivity index (χ2v) is 6.54. The predicted molar refractivity (Wildman–Crippen MR) is 93.8 cm³/mol. The fourth-order valence-electron chi connectivity index (χ4n) is 2.84. The summed E-state index contributed by atoms with van der Waals surface area (Å²) in [7, 11) is 0. The summed E-state index contributed by atoms with van der Waals surface area (Å²) in [5, 5.41) is 2.12. The van der Waals surface area contributed by atoms with E-state index in [1.807, 2.05) is 0 Å². The first-order chi connectivity index (χ1) is 12.8. The highest BCUT2D eigenvalue weighted by molar-refractivity contribution is 6.30. The van der Waals surface area contributed by atoms with Crippen molar-refractivity contribution in [2.75, 3.05) is 18.4 Å². The standard InChI is InChI=1S/C18H15ClF3N3O2/c19-13-3-4-15(14(8-13)18(20,21)22)24-16(26)11-7-12(10-23-9-11)17(27)25-5-1-2-6-25/h3-4,7-10H,1-2,5-6H2,(H,24,26). The molecule has 0 spiro atoms. The number of alkyl halides is 3. The van der Waals surface area contributed by atoms with E-state index in [4.69, 9.17) is 11.6 Å². The van der Waals surface area contributed by atoms with Crippen molar-refractivity contribution in [1.29, 1.82) is 0 Å². The number of carbonyl (C=O) groups is 2. The summed E-state index contributed by atoms with van der Waals surface area (Å²) < 4.78 is 39.5. The molecule has 0 unspecified atom stereocenters. The van der Waals surface area contributed by atoms with Crippen LogP contribution in [-0.2, 0) is 6.18 Å². The molecule has 2 heterocycles. The highest BCUT2D eigenvalue weighted by atomic mass is 35.5. The molecule has 0 bridgehead atoms. The molecule has 1 fully saturated rings. The Labute approximate surface area is 158 Å². The molecular weight excluding hydrogens is 383 g/mol. The van der Waals surface area contributed by atoms with Gasteiger partial charge in [0.15, 0.2) is 0 Å². The Kier molecular flexibility index (Phi) is 5.36. The average molecular weight is 398 g/mol. The summed E-state index contributed by atoms with van der Waals surface area (Å²) in [5.41, 5.74) is -1.27. The SMILES string of the molecule is O=C(Nc1ccc(Cl)cc1C(F)(F)F)c1cncc(C(=O)N2CCCC2)c1. The number of benzene rings is 1. The number of anilines is 1. The Morgan fingerprint density at radius 2 is 1.74 bits per heavy atom. The molecule has 1 aliphatic heterocycles. The van der Waals surface area contributed by atoms with Crippen LogP contribution in [0.25, 0.3) is 0 Å². The number of nitrogens with zero attached hydrogens (tertiary/aromatic N) is 2. The fraction of sp³-hybridized carbons (Fsp3) is 0.278. The first kappa shape index (κ1) is 19.2. The number of rotatable bonds is 3. The largest absolute Gasteiger partial charge is 0.418 e. The third-order valence-corrected chi connectivity index (χ3v) is 4.41. The van der Waals surface area contributed by atoms with Crippen LogP contribution in [0.5, 0.6) is 0 Å².